The maximum Gasteiger partial charge on any atom is 0.262 e. The van der Waals surface area contributed by atoms with E-state index in [4.69, 9.17) is 0 Å². The van der Waals surface area contributed by atoms with E-state index in [1.807, 2.05) is 28.8 Å². The first kappa shape index (κ1) is 22.1. The molecule has 1 atom stereocenters. The SMILES string of the molecule is O=C(C[C@H]1SC(N2CCCC2)=NC1=O)Nc1ccc(C(=O)NCc2nnc3ccccn23)cc1. The van der Waals surface area contributed by atoms with E-state index < -0.39 is 5.25 Å². The third kappa shape index (κ3) is 4.79. The van der Waals surface area contributed by atoms with Crippen LogP contribution in [0.3, 0.4) is 0 Å². The summed E-state index contributed by atoms with van der Waals surface area (Å²) in [7, 11) is 0. The Morgan fingerprint density at radius 1 is 1.06 bits per heavy atom. The van der Waals surface area contributed by atoms with Crippen LogP contribution in [0.15, 0.2) is 53.7 Å². The zero-order chi connectivity index (χ0) is 23.5. The van der Waals surface area contributed by atoms with Gasteiger partial charge in [-0.25, -0.2) is 0 Å². The van der Waals surface area contributed by atoms with Crippen LogP contribution in [-0.4, -0.2) is 60.7 Å². The van der Waals surface area contributed by atoms with Gasteiger partial charge in [-0.1, -0.05) is 17.8 Å². The summed E-state index contributed by atoms with van der Waals surface area (Å²) in [5.41, 5.74) is 1.72. The number of nitrogens with zero attached hydrogens (tertiary/aromatic N) is 5. The fourth-order valence-corrected chi connectivity index (χ4v) is 5.03. The highest BCUT2D eigenvalue weighted by Gasteiger charge is 2.33. The molecule has 2 N–H and O–H groups in total. The molecule has 5 rings (SSSR count). The van der Waals surface area contributed by atoms with Crippen molar-refractivity contribution in [3.63, 3.8) is 0 Å². The minimum absolute atomic E-state index is 0.0544. The number of hydrogen-bond acceptors (Lipinski definition) is 7. The predicted octanol–water partition coefficient (Wildman–Crippen LogP) is 2.08. The molecule has 0 aliphatic carbocycles. The number of amides is 3. The summed E-state index contributed by atoms with van der Waals surface area (Å²) < 4.78 is 1.81. The summed E-state index contributed by atoms with van der Waals surface area (Å²) in [5.74, 6) is -0.150. The highest BCUT2D eigenvalue weighted by atomic mass is 32.2. The summed E-state index contributed by atoms with van der Waals surface area (Å²) >= 11 is 1.37. The summed E-state index contributed by atoms with van der Waals surface area (Å²) in [6.07, 6.45) is 4.10. The lowest BCUT2D eigenvalue weighted by Gasteiger charge is -2.16. The average Bonchev–Trinajstić information content (AvgIpc) is 3.59. The maximum atomic E-state index is 12.5. The Morgan fingerprint density at radius 2 is 1.85 bits per heavy atom. The second-order valence-corrected chi connectivity index (χ2v) is 9.26. The number of aliphatic imine (C=N–C) groups is 1. The second-order valence-electron chi connectivity index (χ2n) is 8.09. The third-order valence-corrected chi connectivity index (χ3v) is 6.91. The molecule has 11 heteroatoms. The molecule has 2 aliphatic heterocycles. The summed E-state index contributed by atoms with van der Waals surface area (Å²) in [6, 6.07) is 12.2. The molecule has 0 spiro atoms. The van der Waals surface area contributed by atoms with E-state index in [0.29, 0.717) is 22.7 Å². The van der Waals surface area contributed by atoms with E-state index in [-0.39, 0.29) is 30.7 Å². The van der Waals surface area contributed by atoms with Gasteiger partial charge >= 0.3 is 0 Å². The van der Waals surface area contributed by atoms with E-state index in [1.54, 1.807) is 24.3 Å². The lowest BCUT2D eigenvalue weighted by Crippen LogP contribution is -2.25. The van der Waals surface area contributed by atoms with Gasteiger partial charge in [0.1, 0.15) is 5.25 Å². The molecule has 3 amide bonds. The number of carbonyl (C=O) groups is 3. The molecule has 0 unspecified atom stereocenters. The van der Waals surface area contributed by atoms with E-state index in [1.165, 1.54) is 11.8 Å². The molecule has 174 valence electrons. The van der Waals surface area contributed by atoms with Gasteiger partial charge in [-0.05, 0) is 49.2 Å². The Bertz CT molecular complexity index is 1270. The number of likely N-dealkylation sites (tertiary alicyclic amines) is 1. The number of aromatic nitrogens is 3. The molecule has 0 radical (unpaired) electrons. The number of anilines is 1. The lowest BCUT2D eigenvalue weighted by atomic mass is 10.2. The van der Waals surface area contributed by atoms with Crippen molar-refractivity contribution in [1.29, 1.82) is 0 Å². The van der Waals surface area contributed by atoms with E-state index in [0.717, 1.165) is 31.1 Å². The zero-order valence-corrected chi connectivity index (χ0v) is 19.1. The van der Waals surface area contributed by atoms with Gasteiger partial charge in [0, 0.05) is 37.0 Å². The van der Waals surface area contributed by atoms with E-state index >= 15 is 0 Å². The maximum absolute atomic E-state index is 12.5. The smallest absolute Gasteiger partial charge is 0.262 e. The third-order valence-electron chi connectivity index (χ3n) is 5.70. The van der Waals surface area contributed by atoms with Crippen LogP contribution in [0, 0.1) is 0 Å². The normalized spacial score (nSPS) is 17.8. The van der Waals surface area contributed by atoms with Gasteiger partial charge in [0.15, 0.2) is 16.6 Å². The number of amidine groups is 1. The number of nitrogens with one attached hydrogen (secondary N) is 2. The molecular weight excluding hydrogens is 454 g/mol. The van der Waals surface area contributed by atoms with Crippen LogP contribution in [-0.2, 0) is 16.1 Å². The lowest BCUT2D eigenvalue weighted by molar-refractivity contribution is -0.121. The first-order chi connectivity index (χ1) is 16.6. The topological polar surface area (TPSA) is 121 Å². The molecule has 0 bridgehead atoms. The largest absolute Gasteiger partial charge is 0.351 e. The molecule has 1 aromatic carbocycles. The second kappa shape index (κ2) is 9.64. The zero-order valence-electron chi connectivity index (χ0n) is 18.3. The molecule has 2 aromatic heterocycles. The quantitative estimate of drug-likeness (QED) is 0.558. The van der Waals surface area contributed by atoms with Crippen LogP contribution in [0.5, 0.6) is 0 Å². The molecule has 3 aromatic rings. The monoisotopic (exact) mass is 477 g/mol. The Labute approximate surface area is 199 Å². The fourth-order valence-electron chi connectivity index (χ4n) is 3.91. The van der Waals surface area contributed by atoms with Gasteiger partial charge in [-0.2, -0.15) is 4.99 Å². The van der Waals surface area contributed by atoms with E-state index in [9.17, 15) is 14.4 Å². The highest BCUT2D eigenvalue weighted by molar-refractivity contribution is 8.15. The van der Waals surface area contributed by atoms with Crippen LogP contribution >= 0.6 is 11.8 Å². The minimum Gasteiger partial charge on any atom is -0.351 e. The number of fused-ring (bicyclic) bond motifs is 1. The Balaban J connectivity index is 1.12. The van der Waals surface area contributed by atoms with Gasteiger partial charge in [0.05, 0.1) is 6.54 Å². The van der Waals surface area contributed by atoms with Gasteiger partial charge in [-0.15, -0.1) is 10.2 Å². The van der Waals surface area contributed by atoms with Crippen LogP contribution in [0.25, 0.3) is 5.65 Å². The average molecular weight is 478 g/mol. The van der Waals surface area contributed by atoms with Crippen molar-refractivity contribution in [1.82, 2.24) is 24.8 Å². The first-order valence-electron chi connectivity index (χ1n) is 11.1. The number of carbonyl (C=O) groups excluding carboxylic acids is 3. The van der Waals surface area contributed by atoms with Gasteiger partial charge in [0.2, 0.25) is 5.91 Å². The van der Waals surface area contributed by atoms with Gasteiger partial charge < -0.3 is 15.5 Å². The van der Waals surface area contributed by atoms with Crippen LogP contribution in [0.2, 0.25) is 0 Å². The molecule has 2 aliphatic rings. The molecular formula is C23H23N7O3S. The number of benzene rings is 1. The van der Waals surface area contributed by atoms with Crippen molar-refractivity contribution in [2.45, 2.75) is 31.1 Å². The molecule has 1 saturated heterocycles. The predicted molar refractivity (Wildman–Crippen MR) is 128 cm³/mol. The van der Waals surface area contributed by atoms with Crippen molar-refractivity contribution in [2.24, 2.45) is 4.99 Å². The number of hydrogen-bond donors (Lipinski definition) is 2. The Kier molecular flexibility index (Phi) is 6.26. The van der Waals surface area contributed by atoms with Crippen molar-refractivity contribution >= 4 is 46.0 Å². The Hall–Kier alpha value is -3.73. The summed E-state index contributed by atoms with van der Waals surface area (Å²) in [5, 5.41) is 14.0. The Morgan fingerprint density at radius 3 is 2.65 bits per heavy atom. The molecule has 0 saturated carbocycles. The molecule has 34 heavy (non-hydrogen) atoms. The highest BCUT2D eigenvalue weighted by Crippen LogP contribution is 2.29. The van der Waals surface area contributed by atoms with Crippen molar-refractivity contribution < 1.29 is 14.4 Å². The van der Waals surface area contributed by atoms with E-state index in [2.05, 4.69) is 30.7 Å². The van der Waals surface area contributed by atoms with Crippen molar-refractivity contribution in [3.8, 4) is 0 Å². The number of rotatable bonds is 6. The van der Waals surface area contributed by atoms with Crippen LogP contribution < -0.4 is 10.6 Å². The van der Waals surface area contributed by atoms with Gasteiger partial charge in [-0.3, -0.25) is 18.8 Å². The van der Waals surface area contributed by atoms with Gasteiger partial charge in [0.25, 0.3) is 11.8 Å². The first-order valence-corrected chi connectivity index (χ1v) is 12.0. The number of pyridine rings is 1. The van der Waals surface area contributed by atoms with Crippen LogP contribution in [0.4, 0.5) is 5.69 Å². The van der Waals surface area contributed by atoms with Crippen molar-refractivity contribution in [3.05, 3.63) is 60.0 Å². The molecule has 10 nitrogen and oxygen atoms in total. The van der Waals surface area contributed by atoms with Crippen LogP contribution in [0.1, 0.15) is 35.4 Å². The summed E-state index contributed by atoms with van der Waals surface area (Å²) in [6.45, 7) is 2.05. The van der Waals surface area contributed by atoms with Crippen molar-refractivity contribution in [2.75, 3.05) is 18.4 Å². The standard InChI is InChI=1S/C23H23N7O3S/c31-20(13-17-22(33)26-23(34-17)29-10-3-4-11-29)25-16-8-6-15(7-9-16)21(32)24-14-19-28-27-18-5-1-2-12-30(18)19/h1-2,5-9,12,17H,3-4,10-11,13-14H2,(H,24,32)(H,25,31)/t17-/m1/s1. The summed E-state index contributed by atoms with van der Waals surface area (Å²) in [4.78, 5) is 43.4. The number of thioether (sulfide) groups is 1. The molecule has 1 fully saturated rings. The molecule has 4 heterocycles. The fraction of sp³-hybridized carbons (Fsp3) is 0.304. The minimum atomic E-state index is -0.492.